The number of nitrogens with zero attached hydrogens (tertiary/aromatic N) is 1. The second-order valence-corrected chi connectivity index (χ2v) is 5.10. The molecule has 0 aliphatic heterocycles. The summed E-state index contributed by atoms with van der Waals surface area (Å²) < 4.78 is 25.7. The van der Waals surface area contributed by atoms with Crippen molar-refractivity contribution >= 4 is 16.0 Å². The first kappa shape index (κ1) is 12.7. The van der Waals surface area contributed by atoms with E-state index in [0.29, 0.717) is 11.4 Å². The predicted molar refractivity (Wildman–Crippen MR) is 55.5 cm³/mol. The normalized spacial score (nSPS) is 13.7. The van der Waals surface area contributed by atoms with Crippen molar-refractivity contribution in [1.82, 2.24) is 14.9 Å². The Morgan fingerprint density at radius 3 is 2.44 bits per heavy atom. The topological polar surface area (TPSA) is 112 Å². The van der Waals surface area contributed by atoms with E-state index in [1.165, 1.54) is 13.8 Å². The van der Waals surface area contributed by atoms with Gasteiger partial charge in [-0.1, -0.05) is 0 Å². The molecule has 1 heterocycles. The highest BCUT2D eigenvalue weighted by Gasteiger charge is 2.26. The van der Waals surface area contributed by atoms with E-state index in [9.17, 15) is 13.2 Å². The van der Waals surface area contributed by atoms with Gasteiger partial charge in [0.05, 0.1) is 11.4 Å². The molecule has 1 aromatic heterocycles. The molecule has 16 heavy (non-hydrogen) atoms. The van der Waals surface area contributed by atoms with E-state index < -0.39 is 22.0 Å². The number of aliphatic carboxylic acids is 1. The second-order valence-electron chi connectivity index (χ2n) is 3.44. The van der Waals surface area contributed by atoms with Crippen LogP contribution in [0.25, 0.3) is 0 Å². The number of aromatic nitrogens is 2. The molecule has 0 aliphatic carbocycles. The van der Waals surface area contributed by atoms with Gasteiger partial charge in [0.25, 0.3) is 0 Å². The molecule has 0 radical (unpaired) electrons. The Morgan fingerprint density at radius 2 is 2.06 bits per heavy atom. The average Bonchev–Trinajstić information content (AvgIpc) is 2.45. The largest absolute Gasteiger partial charge is 0.480 e. The molecule has 0 aromatic carbocycles. The average molecular weight is 247 g/mol. The number of rotatable bonds is 4. The lowest BCUT2D eigenvalue weighted by atomic mass is 10.4. The van der Waals surface area contributed by atoms with Crippen molar-refractivity contribution in [2.75, 3.05) is 0 Å². The molecule has 1 atom stereocenters. The molecule has 1 unspecified atom stereocenters. The number of aryl methyl sites for hydroxylation is 2. The van der Waals surface area contributed by atoms with Crippen molar-refractivity contribution in [1.29, 1.82) is 0 Å². The number of carboxylic acids is 1. The molecule has 3 N–H and O–H groups in total. The summed E-state index contributed by atoms with van der Waals surface area (Å²) in [4.78, 5) is 10.6. The van der Waals surface area contributed by atoms with Gasteiger partial charge in [0, 0.05) is 0 Å². The van der Waals surface area contributed by atoms with Crippen LogP contribution in [0.3, 0.4) is 0 Å². The van der Waals surface area contributed by atoms with Crippen LogP contribution < -0.4 is 4.72 Å². The zero-order valence-corrected chi connectivity index (χ0v) is 9.92. The summed E-state index contributed by atoms with van der Waals surface area (Å²) in [5, 5.41) is 14.9. The Balaban J connectivity index is 3.09. The highest BCUT2D eigenvalue weighted by molar-refractivity contribution is 7.89. The van der Waals surface area contributed by atoms with Crippen molar-refractivity contribution in [3.63, 3.8) is 0 Å². The maximum Gasteiger partial charge on any atom is 0.321 e. The van der Waals surface area contributed by atoms with Gasteiger partial charge in [0.2, 0.25) is 10.0 Å². The quantitative estimate of drug-likeness (QED) is 0.680. The lowest BCUT2D eigenvalue weighted by Gasteiger charge is -2.09. The van der Waals surface area contributed by atoms with E-state index >= 15 is 0 Å². The Kier molecular flexibility index (Phi) is 3.34. The van der Waals surface area contributed by atoms with Gasteiger partial charge in [-0.15, -0.1) is 0 Å². The summed E-state index contributed by atoms with van der Waals surface area (Å²) in [6.45, 7) is 4.34. The van der Waals surface area contributed by atoms with Gasteiger partial charge in [0.15, 0.2) is 0 Å². The highest BCUT2D eigenvalue weighted by atomic mass is 32.2. The maximum absolute atomic E-state index is 11.8. The van der Waals surface area contributed by atoms with E-state index in [4.69, 9.17) is 5.11 Å². The molecule has 0 aliphatic rings. The smallest absolute Gasteiger partial charge is 0.321 e. The molecule has 1 rings (SSSR count). The first-order valence-electron chi connectivity index (χ1n) is 4.52. The second kappa shape index (κ2) is 4.22. The van der Waals surface area contributed by atoms with Crippen LogP contribution in [-0.4, -0.2) is 35.7 Å². The predicted octanol–water partition coefficient (Wildman–Crippen LogP) is -0.222. The fourth-order valence-electron chi connectivity index (χ4n) is 1.28. The summed E-state index contributed by atoms with van der Waals surface area (Å²) in [6.07, 6.45) is 0. The minimum absolute atomic E-state index is 0.000556. The fourth-order valence-corrected chi connectivity index (χ4v) is 2.85. The van der Waals surface area contributed by atoms with E-state index in [-0.39, 0.29) is 4.90 Å². The third-order valence-corrected chi connectivity index (χ3v) is 3.83. The summed E-state index contributed by atoms with van der Waals surface area (Å²) in [5.74, 6) is -1.23. The summed E-state index contributed by atoms with van der Waals surface area (Å²) in [6, 6.07) is -1.18. The molecule has 0 bridgehead atoms. The molecule has 0 amide bonds. The van der Waals surface area contributed by atoms with Gasteiger partial charge in [-0.2, -0.15) is 9.82 Å². The van der Waals surface area contributed by atoms with Crippen LogP contribution >= 0.6 is 0 Å². The molecule has 90 valence electrons. The number of hydrogen-bond acceptors (Lipinski definition) is 4. The molecular formula is C8H13N3O4S. The van der Waals surface area contributed by atoms with Crippen LogP contribution in [0.15, 0.2) is 4.90 Å². The van der Waals surface area contributed by atoms with Crippen molar-refractivity contribution < 1.29 is 18.3 Å². The first-order valence-corrected chi connectivity index (χ1v) is 6.00. The van der Waals surface area contributed by atoms with Gasteiger partial charge in [0.1, 0.15) is 10.9 Å². The monoisotopic (exact) mass is 247 g/mol. The Morgan fingerprint density at radius 1 is 1.50 bits per heavy atom. The van der Waals surface area contributed by atoms with E-state index in [2.05, 4.69) is 14.9 Å². The summed E-state index contributed by atoms with van der Waals surface area (Å²) >= 11 is 0. The highest BCUT2D eigenvalue weighted by Crippen LogP contribution is 2.16. The lowest BCUT2D eigenvalue weighted by molar-refractivity contribution is -0.138. The van der Waals surface area contributed by atoms with E-state index in [0.717, 1.165) is 0 Å². The molecular weight excluding hydrogens is 234 g/mol. The number of H-pyrrole nitrogens is 1. The third kappa shape index (κ3) is 2.39. The van der Waals surface area contributed by atoms with Crippen molar-refractivity contribution in [3.05, 3.63) is 11.4 Å². The van der Waals surface area contributed by atoms with E-state index in [1.54, 1.807) is 6.92 Å². The zero-order valence-electron chi connectivity index (χ0n) is 9.10. The molecule has 0 fully saturated rings. The zero-order chi connectivity index (χ0) is 12.5. The summed E-state index contributed by atoms with van der Waals surface area (Å²) in [5.41, 5.74) is 0.685. The van der Waals surface area contributed by atoms with Gasteiger partial charge >= 0.3 is 5.97 Å². The number of nitrogens with one attached hydrogen (secondary N) is 2. The standard InChI is InChI=1S/C8H13N3O4S/c1-4-7(5(2)10-9-4)16(14,15)11-6(3)8(12)13/h6,11H,1-3H3,(H,9,10)(H,12,13). The number of carboxylic acid groups (broad SMARTS) is 1. The number of hydrogen-bond donors (Lipinski definition) is 3. The first-order chi connectivity index (χ1) is 7.25. The Labute approximate surface area is 92.9 Å². The fraction of sp³-hybridized carbons (Fsp3) is 0.500. The molecule has 0 spiro atoms. The van der Waals surface area contributed by atoms with Crippen molar-refractivity contribution in [3.8, 4) is 0 Å². The number of aromatic amines is 1. The van der Waals surface area contributed by atoms with Crippen LogP contribution in [0.4, 0.5) is 0 Å². The minimum atomic E-state index is -3.85. The van der Waals surface area contributed by atoms with Crippen LogP contribution in [0.5, 0.6) is 0 Å². The SMILES string of the molecule is Cc1n[nH]c(C)c1S(=O)(=O)NC(C)C(=O)O. The molecule has 0 saturated carbocycles. The molecule has 8 heteroatoms. The van der Waals surface area contributed by atoms with E-state index in [1.807, 2.05) is 0 Å². The van der Waals surface area contributed by atoms with Crippen LogP contribution in [-0.2, 0) is 14.8 Å². The van der Waals surface area contributed by atoms with Crippen molar-refractivity contribution in [2.24, 2.45) is 0 Å². The van der Waals surface area contributed by atoms with Gasteiger partial charge < -0.3 is 5.11 Å². The van der Waals surface area contributed by atoms with Gasteiger partial charge in [-0.05, 0) is 20.8 Å². The Bertz CT molecular complexity index is 486. The molecule has 0 saturated heterocycles. The maximum atomic E-state index is 11.8. The third-order valence-electron chi connectivity index (χ3n) is 2.03. The van der Waals surface area contributed by atoms with Gasteiger partial charge in [-0.3, -0.25) is 9.89 Å². The number of carbonyl (C=O) groups is 1. The Hall–Kier alpha value is -1.41. The van der Waals surface area contributed by atoms with Crippen LogP contribution in [0.1, 0.15) is 18.3 Å². The molecule has 7 nitrogen and oxygen atoms in total. The van der Waals surface area contributed by atoms with Crippen molar-refractivity contribution in [2.45, 2.75) is 31.7 Å². The molecule has 1 aromatic rings. The number of sulfonamides is 1. The lowest BCUT2D eigenvalue weighted by Crippen LogP contribution is -2.38. The summed E-state index contributed by atoms with van der Waals surface area (Å²) in [7, 11) is -3.85. The minimum Gasteiger partial charge on any atom is -0.480 e. The van der Waals surface area contributed by atoms with Crippen LogP contribution in [0, 0.1) is 13.8 Å². The van der Waals surface area contributed by atoms with Gasteiger partial charge in [-0.25, -0.2) is 8.42 Å². The van der Waals surface area contributed by atoms with Crippen LogP contribution in [0.2, 0.25) is 0 Å².